The smallest absolute Gasteiger partial charge is 0.410 e. The number of ether oxygens (including phenoxy) is 2. The van der Waals surface area contributed by atoms with E-state index in [1.54, 1.807) is 17.0 Å². The van der Waals surface area contributed by atoms with E-state index in [2.05, 4.69) is 11.6 Å². The zero-order valence-electron chi connectivity index (χ0n) is 16.2. The van der Waals surface area contributed by atoms with Crippen LogP contribution in [0.25, 0.3) is 5.70 Å². The van der Waals surface area contributed by atoms with Crippen LogP contribution in [0, 0.1) is 0 Å². The van der Waals surface area contributed by atoms with Gasteiger partial charge in [-0.1, -0.05) is 12.1 Å². The molecule has 0 radical (unpaired) electrons. The maximum atomic E-state index is 12.2. The highest BCUT2D eigenvalue weighted by atomic mass is 16.7. The van der Waals surface area contributed by atoms with Crippen molar-refractivity contribution in [3.63, 3.8) is 0 Å². The number of likely N-dealkylation sites (tertiary alicyclic amines) is 1. The van der Waals surface area contributed by atoms with Gasteiger partial charge in [-0.25, -0.2) is 9.59 Å². The Morgan fingerprint density at radius 3 is 2.33 bits per heavy atom. The van der Waals surface area contributed by atoms with Gasteiger partial charge in [0, 0.05) is 25.9 Å². The third-order valence-corrected chi connectivity index (χ3v) is 4.65. The molecular weight excluding hydrogens is 348 g/mol. The highest BCUT2D eigenvalue weighted by Crippen LogP contribution is 2.35. The van der Waals surface area contributed by atoms with Crippen molar-refractivity contribution in [3.05, 3.63) is 41.5 Å². The lowest BCUT2D eigenvalue weighted by Gasteiger charge is -2.37. The fourth-order valence-electron chi connectivity index (χ4n) is 3.17. The van der Waals surface area contributed by atoms with E-state index < -0.39 is 11.2 Å². The van der Waals surface area contributed by atoms with E-state index in [4.69, 9.17) is 14.3 Å². The standard InChI is InChI=1S/C20H26N2O5/c1-19(2,3)26-18(24)22-11-9-20(10-12-22)13-16(21-27-20)14-5-7-15(8-6-14)17(23)25-4/h5-8,13,21H,9-12H2,1-4H3. The molecule has 0 saturated carbocycles. The summed E-state index contributed by atoms with van der Waals surface area (Å²) in [4.78, 5) is 31.3. The van der Waals surface area contributed by atoms with Gasteiger partial charge in [-0.2, -0.15) is 0 Å². The second-order valence-electron chi connectivity index (χ2n) is 7.86. The first kappa shape index (κ1) is 19.2. The van der Waals surface area contributed by atoms with E-state index in [-0.39, 0.29) is 12.1 Å². The monoisotopic (exact) mass is 374 g/mol. The lowest BCUT2D eigenvalue weighted by atomic mass is 9.90. The van der Waals surface area contributed by atoms with Crippen LogP contribution < -0.4 is 5.48 Å². The van der Waals surface area contributed by atoms with Gasteiger partial charge in [-0.15, -0.1) is 0 Å². The number of carbonyl (C=O) groups excluding carboxylic acids is 2. The predicted molar refractivity (Wildman–Crippen MR) is 99.8 cm³/mol. The van der Waals surface area contributed by atoms with E-state index in [1.807, 2.05) is 32.9 Å². The Morgan fingerprint density at radius 2 is 1.78 bits per heavy atom. The third kappa shape index (κ3) is 4.42. The lowest BCUT2D eigenvalue weighted by Crippen LogP contribution is -2.48. The number of carbonyl (C=O) groups is 2. The summed E-state index contributed by atoms with van der Waals surface area (Å²) in [5, 5.41) is 0. The molecule has 2 aliphatic rings. The normalized spacial score (nSPS) is 18.7. The van der Waals surface area contributed by atoms with Gasteiger partial charge >= 0.3 is 12.1 Å². The number of benzene rings is 1. The molecule has 1 aromatic carbocycles. The van der Waals surface area contributed by atoms with E-state index in [9.17, 15) is 9.59 Å². The fourth-order valence-corrected chi connectivity index (χ4v) is 3.17. The molecule has 0 bridgehead atoms. The van der Waals surface area contributed by atoms with Gasteiger partial charge < -0.3 is 14.4 Å². The number of hydroxylamine groups is 1. The van der Waals surface area contributed by atoms with Crippen LogP contribution in [0.3, 0.4) is 0 Å². The number of esters is 1. The van der Waals surface area contributed by atoms with Gasteiger partial charge in [0.05, 0.1) is 18.4 Å². The first-order valence-corrected chi connectivity index (χ1v) is 9.05. The van der Waals surface area contributed by atoms with E-state index in [0.717, 1.165) is 11.3 Å². The minimum Gasteiger partial charge on any atom is -0.465 e. The zero-order chi connectivity index (χ0) is 19.7. The van der Waals surface area contributed by atoms with Crippen LogP contribution in [0.5, 0.6) is 0 Å². The molecule has 1 aromatic rings. The SMILES string of the molecule is COC(=O)c1ccc(C2=CC3(CCN(C(=O)OC(C)(C)C)CC3)ON2)cc1. The minimum atomic E-state index is -0.499. The topological polar surface area (TPSA) is 77.1 Å². The number of hydrogen-bond donors (Lipinski definition) is 1. The van der Waals surface area contributed by atoms with Crippen molar-refractivity contribution in [2.45, 2.75) is 44.8 Å². The Kier molecular flexibility index (Phi) is 5.15. The molecule has 1 fully saturated rings. The number of nitrogens with one attached hydrogen (secondary N) is 1. The zero-order valence-corrected chi connectivity index (χ0v) is 16.2. The van der Waals surface area contributed by atoms with E-state index in [1.165, 1.54) is 7.11 Å². The largest absolute Gasteiger partial charge is 0.465 e. The number of methoxy groups -OCH3 is 1. The van der Waals surface area contributed by atoms with Crippen LogP contribution >= 0.6 is 0 Å². The molecule has 1 amide bonds. The Bertz CT molecular complexity index is 741. The summed E-state index contributed by atoms with van der Waals surface area (Å²) in [6.45, 7) is 6.73. The molecule has 2 heterocycles. The van der Waals surface area contributed by atoms with Crippen LogP contribution in [0.15, 0.2) is 30.3 Å². The average molecular weight is 374 g/mol. The molecule has 0 atom stereocenters. The molecule has 7 nitrogen and oxygen atoms in total. The highest BCUT2D eigenvalue weighted by molar-refractivity contribution is 5.89. The predicted octanol–water partition coefficient (Wildman–Crippen LogP) is 3.12. The molecule has 1 N–H and O–H groups in total. The molecule has 27 heavy (non-hydrogen) atoms. The Morgan fingerprint density at radius 1 is 1.15 bits per heavy atom. The summed E-state index contributed by atoms with van der Waals surface area (Å²) < 4.78 is 10.2. The van der Waals surface area contributed by atoms with Crippen molar-refractivity contribution < 1.29 is 23.9 Å². The fraction of sp³-hybridized carbons (Fsp3) is 0.500. The van der Waals surface area contributed by atoms with Gasteiger partial charge in [0.25, 0.3) is 0 Å². The van der Waals surface area contributed by atoms with Crippen molar-refractivity contribution in [1.29, 1.82) is 0 Å². The minimum absolute atomic E-state index is 0.286. The molecule has 2 aliphatic heterocycles. The number of rotatable bonds is 2. The molecule has 7 heteroatoms. The molecule has 1 spiro atoms. The molecule has 0 unspecified atom stereocenters. The lowest BCUT2D eigenvalue weighted by molar-refractivity contribution is -0.0708. The van der Waals surface area contributed by atoms with Gasteiger partial charge in [0.1, 0.15) is 11.2 Å². The molecule has 0 aliphatic carbocycles. The van der Waals surface area contributed by atoms with Crippen LogP contribution in [-0.2, 0) is 14.3 Å². The van der Waals surface area contributed by atoms with Gasteiger partial charge in [0.2, 0.25) is 0 Å². The molecule has 3 rings (SSSR count). The first-order valence-electron chi connectivity index (χ1n) is 9.05. The van der Waals surface area contributed by atoms with E-state index in [0.29, 0.717) is 31.5 Å². The molecular formula is C20H26N2O5. The van der Waals surface area contributed by atoms with Gasteiger partial charge in [-0.3, -0.25) is 10.3 Å². The molecule has 146 valence electrons. The Labute approximate surface area is 159 Å². The van der Waals surface area contributed by atoms with E-state index >= 15 is 0 Å². The van der Waals surface area contributed by atoms with Gasteiger partial charge in [0.15, 0.2) is 0 Å². The summed E-state index contributed by atoms with van der Waals surface area (Å²) in [6, 6.07) is 7.15. The van der Waals surface area contributed by atoms with Crippen molar-refractivity contribution >= 4 is 17.8 Å². The summed E-state index contributed by atoms with van der Waals surface area (Å²) in [5.74, 6) is -0.364. The number of piperidine rings is 1. The Hall–Kier alpha value is -2.54. The van der Waals surface area contributed by atoms with Crippen LogP contribution in [0.1, 0.15) is 49.5 Å². The van der Waals surface area contributed by atoms with Crippen LogP contribution in [-0.4, -0.2) is 48.4 Å². The Balaban J connectivity index is 1.64. The molecule has 0 aromatic heterocycles. The second kappa shape index (κ2) is 7.23. The maximum Gasteiger partial charge on any atom is 0.410 e. The van der Waals surface area contributed by atoms with Crippen molar-refractivity contribution in [1.82, 2.24) is 10.4 Å². The summed E-state index contributed by atoms with van der Waals surface area (Å²) in [7, 11) is 1.36. The second-order valence-corrected chi connectivity index (χ2v) is 7.86. The number of amides is 1. The van der Waals surface area contributed by atoms with Crippen molar-refractivity contribution in [2.24, 2.45) is 0 Å². The maximum absolute atomic E-state index is 12.2. The number of nitrogens with zero attached hydrogens (tertiary/aromatic N) is 1. The van der Waals surface area contributed by atoms with Crippen LogP contribution in [0.4, 0.5) is 4.79 Å². The summed E-state index contributed by atoms with van der Waals surface area (Å²) in [5.41, 5.74) is 4.34. The van der Waals surface area contributed by atoms with Crippen molar-refractivity contribution in [3.8, 4) is 0 Å². The molecule has 1 saturated heterocycles. The summed E-state index contributed by atoms with van der Waals surface area (Å²) in [6.07, 6.45) is 3.14. The average Bonchev–Trinajstić information content (AvgIpc) is 3.04. The van der Waals surface area contributed by atoms with Crippen molar-refractivity contribution in [2.75, 3.05) is 20.2 Å². The quantitative estimate of drug-likeness (QED) is 0.802. The summed E-state index contributed by atoms with van der Waals surface area (Å²) >= 11 is 0. The third-order valence-electron chi connectivity index (χ3n) is 4.65. The van der Waals surface area contributed by atoms with Crippen LogP contribution in [0.2, 0.25) is 0 Å². The highest BCUT2D eigenvalue weighted by Gasteiger charge is 2.40. The number of hydrogen-bond acceptors (Lipinski definition) is 6. The van der Waals surface area contributed by atoms with Gasteiger partial charge in [-0.05, 0) is 44.5 Å². The first-order chi connectivity index (χ1) is 12.7.